The minimum absolute atomic E-state index is 0.210. The van der Waals surface area contributed by atoms with Crippen LogP contribution in [-0.2, 0) is 4.74 Å². The first-order chi connectivity index (χ1) is 7.15. The molecule has 0 heterocycles. The molecule has 1 atom stereocenters. The van der Waals surface area contributed by atoms with Crippen molar-refractivity contribution in [3.05, 3.63) is 35.9 Å². The Hall–Kier alpha value is -1.42. The molecular formula is C11H13NO2S. The van der Waals surface area contributed by atoms with Gasteiger partial charge in [0, 0.05) is 0 Å². The fraction of sp³-hybridized carbons (Fsp3) is 0.273. The van der Waals surface area contributed by atoms with Gasteiger partial charge in [0.2, 0.25) is 0 Å². The summed E-state index contributed by atoms with van der Waals surface area (Å²) in [6.07, 6.45) is 0.112. The van der Waals surface area contributed by atoms with Crippen molar-refractivity contribution in [1.29, 1.82) is 0 Å². The summed E-state index contributed by atoms with van der Waals surface area (Å²) < 4.78 is 5.14. The van der Waals surface area contributed by atoms with Gasteiger partial charge in [-0.2, -0.15) is 0 Å². The number of hydrogen-bond donors (Lipinski definition) is 1. The zero-order valence-corrected chi connectivity index (χ0v) is 9.29. The van der Waals surface area contributed by atoms with E-state index < -0.39 is 12.1 Å². The van der Waals surface area contributed by atoms with E-state index in [2.05, 4.69) is 0 Å². The van der Waals surface area contributed by atoms with E-state index in [1.54, 1.807) is 24.3 Å². The molecule has 0 aromatic heterocycles. The maximum absolute atomic E-state index is 11.6. The average molecular weight is 223 g/mol. The van der Waals surface area contributed by atoms with Gasteiger partial charge in [0.25, 0.3) is 0 Å². The number of carbonyl (C=O) groups excluding carboxylic acids is 1. The Labute approximate surface area is 94.2 Å². The molecule has 0 aliphatic rings. The Morgan fingerprint density at radius 3 is 2.53 bits per heavy atom. The molecular weight excluding hydrogens is 210 g/mol. The van der Waals surface area contributed by atoms with Gasteiger partial charge in [0.1, 0.15) is 4.99 Å². The maximum Gasteiger partial charge on any atom is 0.338 e. The maximum atomic E-state index is 11.6. The van der Waals surface area contributed by atoms with E-state index in [9.17, 15) is 4.79 Å². The SMILES string of the molecule is CC[C@H](OC(=O)c1ccccc1)C(N)=S. The molecule has 1 rings (SSSR count). The van der Waals surface area contributed by atoms with E-state index in [4.69, 9.17) is 22.7 Å². The third-order valence-electron chi connectivity index (χ3n) is 1.95. The van der Waals surface area contributed by atoms with Crippen LogP contribution in [0.3, 0.4) is 0 Å². The van der Waals surface area contributed by atoms with Crippen molar-refractivity contribution >= 4 is 23.2 Å². The minimum Gasteiger partial charge on any atom is -0.451 e. The van der Waals surface area contributed by atoms with Crippen LogP contribution in [0.5, 0.6) is 0 Å². The van der Waals surface area contributed by atoms with E-state index >= 15 is 0 Å². The molecule has 0 fully saturated rings. The van der Waals surface area contributed by atoms with Crippen molar-refractivity contribution in [2.75, 3.05) is 0 Å². The third-order valence-corrected chi connectivity index (χ3v) is 2.21. The zero-order chi connectivity index (χ0) is 11.3. The second kappa shape index (κ2) is 5.46. The summed E-state index contributed by atoms with van der Waals surface area (Å²) >= 11 is 4.79. The first kappa shape index (κ1) is 11.7. The lowest BCUT2D eigenvalue weighted by Gasteiger charge is -2.14. The summed E-state index contributed by atoms with van der Waals surface area (Å²) in [5, 5.41) is 0. The van der Waals surface area contributed by atoms with Crippen molar-refractivity contribution in [3.8, 4) is 0 Å². The van der Waals surface area contributed by atoms with Gasteiger partial charge in [0.15, 0.2) is 6.10 Å². The van der Waals surface area contributed by atoms with Crippen molar-refractivity contribution in [2.45, 2.75) is 19.4 Å². The van der Waals surface area contributed by atoms with Crippen LogP contribution >= 0.6 is 12.2 Å². The highest BCUT2D eigenvalue weighted by atomic mass is 32.1. The van der Waals surface area contributed by atoms with E-state index in [-0.39, 0.29) is 4.99 Å². The lowest BCUT2D eigenvalue weighted by atomic mass is 10.2. The highest BCUT2D eigenvalue weighted by molar-refractivity contribution is 7.80. The van der Waals surface area contributed by atoms with Crippen LogP contribution in [0, 0.1) is 0 Å². The number of carbonyl (C=O) groups is 1. The molecule has 0 radical (unpaired) electrons. The molecule has 0 saturated carbocycles. The standard InChI is InChI=1S/C11H13NO2S/c1-2-9(10(12)15)14-11(13)8-6-4-3-5-7-8/h3-7,9H,2H2,1H3,(H2,12,15)/t9-/m0/s1. The van der Waals surface area contributed by atoms with Crippen LogP contribution < -0.4 is 5.73 Å². The Kier molecular flexibility index (Phi) is 4.24. The Bertz CT molecular complexity index is 351. The van der Waals surface area contributed by atoms with Crippen molar-refractivity contribution in [3.63, 3.8) is 0 Å². The second-order valence-corrected chi connectivity index (χ2v) is 3.54. The monoisotopic (exact) mass is 223 g/mol. The van der Waals surface area contributed by atoms with Gasteiger partial charge in [-0.25, -0.2) is 4.79 Å². The first-order valence-corrected chi connectivity index (χ1v) is 5.11. The highest BCUT2D eigenvalue weighted by Crippen LogP contribution is 2.06. The first-order valence-electron chi connectivity index (χ1n) is 4.70. The van der Waals surface area contributed by atoms with E-state index in [1.165, 1.54) is 0 Å². The van der Waals surface area contributed by atoms with Gasteiger partial charge in [-0.3, -0.25) is 0 Å². The van der Waals surface area contributed by atoms with Crippen molar-refractivity contribution < 1.29 is 9.53 Å². The number of benzene rings is 1. The zero-order valence-electron chi connectivity index (χ0n) is 8.47. The van der Waals surface area contributed by atoms with E-state index in [0.29, 0.717) is 12.0 Å². The summed E-state index contributed by atoms with van der Waals surface area (Å²) in [5.74, 6) is -0.393. The molecule has 3 nitrogen and oxygen atoms in total. The molecule has 0 amide bonds. The van der Waals surface area contributed by atoms with Gasteiger partial charge in [0.05, 0.1) is 5.56 Å². The molecule has 15 heavy (non-hydrogen) atoms. The predicted molar refractivity (Wildman–Crippen MR) is 62.7 cm³/mol. The van der Waals surface area contributed by atoms with Crippen LogP contribution in [0.15, 0.2) is 30.3 Å². The fourth-order valence-corrected chi connectivity index (χ4v) is 1.33. The molecule has 0 bridgehead atoms. The summed E-state index contributed by atoms with van der Waals surface area (Å²) in [6, 6.07) is 8.77. The van der Waals surface area contributed by atoms with Gasteiger partial charge in [-0.15, -0.1) is 0 Å². The number of nitrogens with two attached hydrogens (primary N) is 1. The molecule has 0 spiro atoms. The third kappa shape index (κ3) is 3.32. The van der Waals surface area contributed by atoms with Gasteiger partial charge >= 0.3 is 5.97 Å². The molecule has 80 valence electrons. The molecule has 4 heteroatoms. The van der Waals surface area contributed by atoms with Gasteiger partial charge in [-0.1, -0.05) is 37.3 Å². The van der Waals surface area contributed by atoms with Crippen molar-refractivity contribution in [2.24, 2.45) is 5.73 Å². The molecule has 1 aromatic rings. The average Bonchev–Trinajstić information content (AvgIpc) is 2.26. The number of thiocarbonyl (C=S) groups is 1. The van der Waals surface area contributed by atoms with Gasteiger partial charge in [-0.05, 0) is 18.6 Å². The summed E-state index contributed by atoms with van der Waals surface area (Å²) in [7, 11) is 0. The van der Waals surface area contributed by atoms with Crippen LogP contribution in [0.4, 0.5) is 0 Å². The molecule has 2 N–H and O–H groups in total. The van der Waals surface area contributed by atoms with E-state index in [0.717, 1.165) is 0 Å². The quantitative estimate of drug-likeness (QED) is 0.625. The molecule has 1 aromatic carbocycles. The lowest BCUT2D eigenvalue weighted by Crippen LogP contribution is -2.31. The summed E-state index contributed by atoms with van der Waals surface area (Å²) in [6.45, 7) is 1.86. The second-order valence-electron chi connectivity index (χ2n) is 3.07. The number of rotatable bonds is 4. The molecule has 0 aliphatic heterocycles. The van der Waals surface area contributed by atoms with E-state index in [1.807, 2.05) is 13.0 Å². The van der Waals surface area contributed by atoms with Crippen molar-refractivity contribution in [1.82, 2.24) is 0 Å². The predicted octanol–water partition coefficient (Wildman–Crippen LogP) is 1.91. The molecule has 0 aliphatic carbocycles. The Morgan fingerprint density at radius 2 is 2.07 bits per heavy atom. The van der Waals surface area contributed by atoms with Gasteiger partial charge < -0.3 is 10.5 Å². The Balaban J connectivity index is 2.67. The van der Waals surface area contributed by atoms with Crippen LogP contribution in [0.2, 0.25) is 0 Å². The summed E-state index contributed by atoms with van der Waals surface area (Å²) in [5.41, 5.74) is 5.93. The summed E-state index contributed by atoms with van der Waals surface area (Å²) in [4.78, 5) is 11.8. The fourth-order valence-electron chi connectivity index (χ4n) is 1.11. The molecule has 0 unspecified atom stereocenters. The van der Waals surface area contributed by atoms with Crippen LogP contribution in [0.25, 0.3) is 0 Å². The number of ether oxygens (including phenoxy) is 1. The largest absolute Gasteiger partial charge is 0.451 e. The number of hydrogen-bond acceptors (Lipinski definition) is 3. The minimum atomic E-state index is -0.479. The molecule has 0 saturated heterocycles. The lowest BCUT2D eigenvalue weighted by molar-refractivity contribution is 0.0422. The number of esters is 1. The van der Waals surface area contributed by atoms with Crippen LogP contribution in [-0.4, -0.2) is 17.1 Å². The Morgan fingerprint density at radius 1 is 1.47 bits per heavy atom. The smallest absolute Gasteiger partial charge is 0.338 e. The normalized spacial score (nSPS) is 11.8. The highest BCUT2D eigenvalue weighted by Gasteiger charge is 2.15. The van der Waals surface area contributed by atoms with Crippen LogP contribution in [0.1, 0.15) is 23.7 Å². The topological polar surface area (TPSA) is 52.3 Å².